The Hall–Kier alpha value is -3.16. The summed E-state index contributed by atoms with van der Waals surface area (Å²) < 4.78 is 4.58. The van der Waals surface area contributed by atoms with Gasteiger partial charge in [-0.15, -0.1) is 0 Å². The Kier molecular flexibility index (Phi) is 3.98. The van der Waals surface area contributed by atoms with Crippen LogP contribution in [0, 0.1) is 10.1 Å². The summed E-state index contributed by atoms with van der Waals surface area (Å²) in [6, 6.07) is 8.86. The molecule has 0 aliphatic rings. The molecule has 108 valence electrons. The summed E-state index contributed by atoms with van der Waals surface area (Å²) in [5, 5.41) is 13.7. The van der Waals surface area contributed by atoms with Crippen molar-refractivity contribution < 1.29 is 14.5 Å². The number of ether oxygens (including phenoxy) is 1. The quantitative estimate of drug-likeness (QED) is 0.502. The zero-order chi connectivity index (χ0) is 15.4. The second kappa shape index (κ2) is 5.87. The number of rotatable bonds is 4. The van der Waals surface area contributed by atoms with Gasteiger partial charge in [0, 0.05) is 11.8 Å². The number of nitrogens with one attached hydrogen (secondary N) is 1. The van der Waals surface area contributed by atoms with E-state index in [4.69, 9.17) is 5.73 Å². The number of esters is 1. The Labute approximate surface area is 119 Å². The van der Waals surface area contributed by atoms with E-state index in [0.717, 1.165) is 0 Å². The van der Waals surface area contributed by atoms with Gasteiger partial charge in [0.2, 0.25) is 5.82 Å². The van der Waals surface area contributed by atoms with Crippen LogP contribution in [-0.4, -0.2) is 23.0 Å². The van der Waals surface area contributed by atoms with E-state index in [1.807, 2.05) is 0 Å². The molecular formula is C13H12N4O4. The highest BCUT2D eigenvalue weighted by atomic mass is 16.6. The van der Waals surface area contributed by atoms with E-state index >= 15 is 0 Å². The van der Waals surface area contributed by atoms with Gasteiger partial charge in [-0.1, -0.05) is 0 Å². The van der Waals surface area contributed by atoms with Crippen molar-refractivity contribution in [2.75, 3.05) is 18.2 Å². The lowest BCUT2D eigenvalue weighted by Crippen LogP contribution is -2.03. The molecule has 0 fully saturated rings. The fourth-order valence-corrected chi connectivity index (χ4v) is 1.65. The van der Waals surface area contributed by atoms with Crippen molar-refractivity contribution in [2.45, 2.75) is 0 Å². The van der Waals surface area contributed by atoms with Crippen molar-refractivity contribution in [3.05, 3.63) is 52.1 Å². The molecule has 0 unspecified atom stereocenters. The van der Waals surface area contributed by atoms with Crippen LogP contribution < -0.4 is 11.1 Å². The molecule has 0 aliphatic heterocycles. The third-order valence-electron chi connectivity index (χ3n) is 2.66. The van der Waals surface area contributed by atoms with E-state index in [-0.39, 0.29) is 17.3 Å². The highest BCUT2D eigenvalue weighted by molar-refractivity contribution is 5.89. The van der Waals surface area contributed by atoms with Crippen LogP contribution in [0.5, 0.6) is 0 Å². The molecule has 8 nitrogen and oxygen atoms in total. The first-order valence-electron chi connectivity index (χ1n) is 5.87. The molecule has 2 aromatic rings. The zero-order valence-electron chi connectivity index (χ0n) is 11.1. The number of carbonyl (C=O) groups is 1. The maximum absolute atomic E-state index is 11.3. The van der Waals surface area contributed by atoms with Crippen LogP contribution in [0.3, 0.4) is 0 Å². The number of carbonyl (C=O) groups excluding carboxylic acids is 1. The van der Waals surface area contributed by atoms with Gasteiger partial charge in [0.25, 0.3) is 0 Å². The third kappa shape index (κ3) is 3.24. The molecule has 0 bridgehead atoms. The Bertz CT molecular complexity index is 685. The average Bonchev–Trinajstić information content (AvgIpc) is 2.47. The predicted molar refractivity (Wildman–Crippen MR) is 76.4 cm³/mol. The standard InChI is InChI=1S/C13H12N4O4/c1-21-13(18)8-2-4-9(5-3-8)15-12-10(17(19)20)6-7-11(14)16-12/h2-7H,1H3,(H3,14,15,16). The van der Waals surface area contributed by atoms with Crippen LogP contribution >= 0.6 is 0 Å². The van der Waals surface area contributed by atoms with Crippen LogP contribution in [0.4, 0.5) is 23.0 Å². The maximum atomic E-state index is 11.3. The summed E-state index contributed by atoms with van der Waals surface area (Å²) in [4.78, 5) is 25.6. The molecule has 0 atom stereocenters. The average molecular weight is 288 g/mol. The number of nitrogen functional groups attached to an aromatic ring is 1. The molecular weight excluding hydrogens is 276 g/mol. The van der Waals surface area contributed by atoms with Crippen molar-refractivity contribution in [1.29, 1.82) is 0 Å². The van der Waals surface area contributed by atoms with E-state index < -0.39 is 10.9 Å². The Morgan fingerprint density at radius 2 is 1.95 bits per heavy atom. The topological polar surface area (TPSA) is 120 Å². The van der Waals surface area contributed by atoms with E-state index in [2.05, 4.69) is 15.0 Å². The van der Waals surface area contributed by atoms with Crippen molar-refractivity contribution >= 4 is 29.0 Å². The molecule has 1 aromatic heterocycles. The molecule has 1 aromatic carbocycles. The van der Waals surface area contributed by atoms with Gasteiger partial charge in [0.1, 0.15) is 5.82 Å². The number of hydrogen-bond donors (Lipinski definition) is 2. The summed E-state index contributed by atoms with van der Waals surface area (Å²) in [6.07, 6.45) is 0. The smallest absolute Gasteiger partial charge is 0.337 e. The van der Waals surface area contributed by atoms with Crippen LogP contribution in [-0.2, 0) is 4.74 Å². The minimum atomic E-state index is -0.558. The van der Waals surface area contributed by atoms with Crippen LogP contribution in [0.1, 0.15) is 10.4 Å². The van der Waals surface area contributed by atoms with E-state index in [1.165, 1.54) is 31.4 Å². The summed E-state index contributed by atoms with van der Waals surface area (Å²) in [5.74, 6) is -0.269. The molecule has 0 spiro atoms. The molecule has 1 heterocycles. The molecule has 0 amide bonds. The number of nitrogens with two attached hydrogens (primary N) is 1. The highest BCUT2D eigenvalue weighted by Gasteiger charge is 2.15. The number of anilines is 3. The van der Waals surface area contributed by atoms with Gasteiger partial charge in [-0.2, -0.15) is 0 Å². The van der Waals surface area contributed by atoms with Crippen molar-refractivity contribution in [1.82, 2.24) is 4.98 Å². The first-order chi connectivity index (χ1) is 10.0. The Morgan fingerprint density at radius 3 is 2.52 bits per heavy atom. The molecule has 0 saturated carbocycles. The molecule has 3 N–H and O–H groups in total. The largest absolute Gasteiger partial charge is 0.465 e. The minimum Gasteiger partial charge on any atom is -0.465 e. The van der Waals surface area contributed by atoms with Gasteiger partial charge < -0.3 is 15.8 Å². The monoisotopic (exact) mass is 288 g/mol. The summed E-state index contributed by atoms with van der Waals surface area (Å²) in [6.45, 7) is 0. The van der Waals surface area contributed by atoms with E-state index in [9.17, 15) is 14.9 Å². The van der Waals surface area contributed by atoms with Gasteiger partial charge in [0.15, 0.2) is 0 Å². The SMILES string of the molecule is COC(=O)c1ccc(Nc2nc(N)ccc2[N+](=O)[O-])cc1. The Balaban J connectivity index is 2.28. The lowest BCUT2D eigenvalue weighted by atomic mass is 10.2. The summed E-state index contributed by atoms with van der Waals surface area (Å²) >= 11 is 0. The van der Waals surface area contributed by atoms with Crippen molar-refractivity contribution in [2.24, 2.45) is 0 Å². The zero-order valence-corrected chi connectivity index (χ0v) is 11.1. The number of hydrogen-bond acceptors (Lipinski definition) is 7. The van der Waals surface area contributed by atoms with E-state index in [1.54, 1.807) is 12.1 Å². The number of nitro groups is 1. The van der Waals surface area contributed by atoms with Gasteiger partial charge in [0.05, 0.1) is 17.6 Å². The summed E-state index contributed by atoms with van der Waals surface area (Å²) in [7, 11) is 1.29. The molecule has 2 rings (SSSR count). The van der Waals surface area contributed by atoms with Gasteiger partial charge in [-0.25, -0.2) is 9.78 Å². The number of nitrogens with zero attached hydrogens (tertiary/aromatic N) is 2. The lowest BCUT2D eigenvalue weighted by molar-refractivity contribution is -0.384. The fraction of sp³-hybridized carbons (Fsp3) is 0.0769. The summed E-state index contributed by atoms with van der Waals surface area (Å²) in [5.41, 5.74) is 6.24. The normalized spacial score (nSPS) is 9.95. The second-order valence-corrected chi connectivity index (χ2v) is 4.05. The molecule has 0 saturated heterocycles. The van der Waals surface area contributed by atoms with Crippen LogP contribution in [0.2, 0.25) is 0 Å². The van der Waals surface area contributed by atoms with Crippen LogP contribution in [0.15, 0.2) is 36.4 Å². The molecule has 0 aliphatic carbocycles. The van der Waals surface area contributed by atoms with Crippen LogP contribution in [0.25, 0.3) is 0 Å². The molecule has 21 heavy (non-hydrogen) atoms. The molecule has 8 heteroatoms. The number of benzene rings is 1. The fourth-order valence-electron chi connectivity index (χ4n) is 1.65. The van der Waals surface area contributed by atoms with Gasteiger partial charge in [-0.3, -0.25) is 10.1 Å². The number of methoxy groups -OCH3 is 1. The maximum Gasteiger partial charge on any atom is 0.337 e. The van der Waals surface area contributed by atoms with Crippen molar-refractivity contribution in [3.63, 3.8) is 0 Å². The Morgan fingerprint density at radius 1 is 1.29 bits per heavy atom. The third-order valence-corrected chi connectivity index (χ3v) is 2.66. The first-order valence-corrected chi connectivity index (χ1v) is 5.87. The number of aromatic nitrogens is 1. The van der Waals surface area contributed by atoms with E-state index in [0.29, 0.717) is 11.3 Å². The van der Waals surface area contributed by atoms with Crippen molar-refractivity contribution in [3.8, 4) is 0 Å². The first kappa shape index (κ1) is 14.3. The van der Waals surface area contributed by atoms with Gasteiger partial charge >= 0.3 is 11.7 Å². The molecule has 0 radical (unpaired) electrons. The predicted octanol–water partition coefficient (Wildman–Crippen LogP) is 2.10. The number of pyridine rings is 1. The second-order valence-electron chi connectivity index (χ2n) is 4.05. The minimum absolute atomic E-state index is 0.0332. The van der Waals surface area contributed by atoms with Gasteiger partial charge in [-0.05, 0) is 30.3 Å². The lowest BCUT2D eigenvalue weighted by Gasteiger charge is -2.07. The highest BCUT2D eigenvalue weighted by Crippen LogP contribution is 2.26.